The van der Waals surface area contributed by atoms with Crippen molar-refractivity contribution in [2.75, 3.05) is 26.4 Å². The van der Waals surface area contributed by atoms with Crippen molar-refractivity contribution in [1.29, 1.82) is 0 Å². The second kappa shape index (κ2) is 20.5. The van der Waals surface area contributed by atoms with Crippen LogP contribution in [0.5, 0.6) is 0 Å². The van der Waals surface area contributed by atoms with Gasteiger partial charge < -0.3 is 104 Å². The number of hydrogen-bond acceptors (Lipinski definition) is 21. The highest BCUT2D eigenvalue weighted by Crippen LogP contribution is 2.71. The van der Waals surface area contributed by atoms with Gasteiger partial charge in [0.15, 0.2) is 30.9 Å². The molecule has 21 heteroatoms. The number of aliphatic hydroxyl groups excluding tert-OH is 11. The predicted octanol–water partition coefficient (Wildman–Crippen LogP) is -1.24. The first-order valence-corrected chi connectivity index (χ1v) is 26.6. The Balaban J connectivity index is 0.721. The van der Waals surface area contributed by atoms with Gasteiger partial charge in [-0.05, 0) is 111 Å². The first kappa shape index (κ1) is 53.6. The highest BCUT2D eigenvalue weighted by molar-refractivity contribution is 5.15. The maximum atomic E-state index is 11.2. The lowest BCUT2D eigenvalue weighted by Gasteiger charge is -2.61. The van der Waals surface area contributed by atoms with Gasteiger partial charge in [-0.1, -0.05) is 27.7 Å². The van der Waals surface area contributed by atoms with Gasteiger partial charge in [0, 0.05) is 12.3 Å². The topological polar surface area (TPSA) is 315 Å². The molecule has 0 amide bonds. The fourth-order valence-corrected chi connectivity index (χ4v) is 15.7. The second-order valence-corrected chi connectivity index (χ2v) is 23.9. The van der Waals surface area contributed by atoms with Crippen LogP contribution in [0.4, 0.5) is 0 Å². The smallest absolute Gasteiger partial charge is 0.187 e. The van der Waals surface area contributed by atoms with Crippen LogP contribution in [0.3, 0.4) is 0 Å². The van der Waals surface area contributed by atoms with Gasteiger partial charge in [0.25, 0.3) is 0 Å². The fraction of sp³-hybridized carbons (Fsp3) is 1.00. The molecule has 11 N–H and O–H groups in total. The average Bonchev–Trinajstić information content (AvgIpc) is 3.80. The Hall–Kier alpha value is -0.840. The monoisotopic (exact) mass is 1020 g/mol. The van der Waals surface area contributed by atoms with Gasteiger partial charge in [-0.15, -0.1) is 0 Å². The summed E-state index contributed by atoms with van der Waals surface area (Å²) in [5.41, 5.74) is 0.369. The van der Waals surface area contributed by atoms with Crippen LogP contribution in [0.25, 0.3) is 0 Å². The van der Waals surface area contributed by atoms with E-state index in [0.717, 1.165) is 58.0 Å². The van der Waals surface area contributed by atoms with E-state index in [9.17, 15) is 56.2 Å². The SMILES string of the molecule is C[C@@H]1CC[C@@]2(OC1)O[C@@H]1C[C@H]3[C@@H]4CC[C@H]5C[C@H](O[C@H]6O[C@@H](CO[C@H]7OC[C@H](O[C@H]8O[C@@H](C)[C@H](O)[C@@H](O)[C@@H]8O[C@H]8O[C@@H](CO)[C@H](O)[C@@H](O)[C@@H]8O)[C@@H](O)[C@@H]7O)[C@H](O)[C@@H](O)[C@@H]6O)CC[C@@]5(C)[C@H]4CC[C@@]3(C)[C@@H]1[C@H]2C. The summed E-state index contributed by atoms with van der Waals surface area (Å²) in [6.45, 7) is 10.3. The molecule has 0 aromatic rings. The molecule has 4 aliphatic carbocycles. The summed E-state index contributed by atoms with van der Waals surface area (Å²) in [5.74, 6) is 3.31. The molecule has 6 heterocycles. The van der Waals surface area contributed by atoms with E-state index in [0.29, 0.717) is 41.4 Å². The average molecular weight is 1020 g/mol. The van der Waals surface area contributed by atoms with Crippen LogP contribution < -0.4 is 0 Å². The van der Waals surface area contributed by atoms with Crippen LogP contribution in [0.1, 0.15) is 98.8 Å². The third kappa shape index (κ3) is 9.30. The molecule has 21 nitrogen and oxygen atoms in total. The maximum Gasteiger partial charge on any atom is 0.187 e. The van der Waals surface area contributed by atoms with Gasteiger partial charge in [0.1, 0.15) is 85.5 Å². The van der Waals surface area contributed by atoms with E-state index in [2.05, 4.69) is 27.7 Å². The van der Waals surface area contributed by atoms with Crippen LogP contribution in [0, 0.1) is 52.3 Å². The van der Waals surface area contributed by atoms with Crippen molar-refractivity contribution in [2.45, 2.75) is 234 Å². The Morgan fingerprint density at radius 2 is 1.24 bits per heavy atom. The molecule has 71 heavy (non-hydrogen) atoms. The molecule has 6 aliphatic heterocycles. The highest BCUT2D eigenvalue weighted by atomic mass is 16.8. The minimum Gasteiger partial charge on any atom is -0.394 e. The normalized spacial score (nSPS) is 58.5. The van der Waals surface area contributed by atoms with Crippen molar-refractivity contribution in [3.05, 3.63) is 0 Å². The number of hydrogen-bond donors (Lipinski definition) is 11. The molecule has 10 rings (SSSR count). The molecule has 10 aliphatic rings. The minimum atomic E-state index is -1.86. The van der Waals surface area contributed by atoms with E-state index in [1.165, 1.54) is 19.8 Å². The number of fused-ring (bicyclic) bond motifs is 7. The van der Waals surface area contributed by atoms with E-state index in [1.807, 2.05) is 0 Å². The summed E-state index contributed by atoms with van der Waals surface area (Å²) in [6.07, 6.45) is -19.2. The lowest BCUT2D eigenvalue weighted by Crippen LogP contribution is -2.65. The summed E-state index contributed by atoms with van der Waals surface area (Å²) < 4.78 is 60.5. The van der Waals surface area contributed by atoms with E-state index < -0.39 is 142 Å². The Morgan fingerprint density at radius 3 is 1.94 bits per heavy atom. The fourth-order valence-electron chi connectivity index (χ4n) is 15.7. The van der Waals surface area contributed by atoms with E-state index in [-0.39, 0.29) is 23.0 Å². The molecular formula is C50H82O21. The Kier molecular flexibility index (Phi) is 15.5. The van der Waals surface area contributed by atoms with Gasteiger partial charge in [-0.2, -0.15) is 0 Å². The molecule has 0 radical (unpaired) electrons. The quantitative estimate of drug-likeness (QED) is 0.114. The van der Waals surface area contributed by atoms with E-state index in [4.69, 9.17) is 47.4 Å². The predicted molar refractivity (Wildman–Crippen MR) is 241 cm³/mol. The summed E-state index contributed by atoms with van der Waals surface area (Å²) >= 11 is 0. The summed E-state index contributed by atoms with van der Waals surface area (Å²) in [7, 11) is 0. The van der Waals surface area contributed by atoms with Gasteiger partial charge in [0.05, 0.1) is 44.7 Å². The van der Waals surface area contributed by atoms with Gasteiger partial charge in [0.2, 0.25) is 0 Å². The third-order valence-corrected chi connectivity index (χ3v) is 20.0. The molecule has 408 valence electrons. The van der Waals surface area contributed by atoms with Crippen molar-refractivity contribution in [3.63, 3.8) is 0 Å². The third-order valence-electron chi connectivity index (χ3n) is 20.0. The van der Waals surface area contributed by atoms with Gasteiger partial charge in [-0.3, -0.25) is 0 Å². The van der Waals surface area contributed by atoms with Crippen molar-refractivity contribution in [2.24, 2.45) is 52.3 Å². The van der Waals surface area contributed by atoms with Crippen LogP contribution >= 0.6 is 0 Å². The van der Waals surface area contributed by atoms with Crippen LogP contribution in [0.2, 0.25) is 0 Å². The molecule has 0 bridgehead atoms. The Morgan fingerprint density at radius 1 is 0.563 bits per heavy atom. The molecule has 31 atom stereocenters. The molecule has 0 aromatic heterocycles. The molecule has 0 aromatic carbocycles. The second-order valence-electron chi connectivity index (χ2n) is 23.9. The number of aliphatic hydroxyl groups is 11. The zero-order chi connectivity index (χ0) is 50.6. The van der Waals surface area contributed by atoms with Crippen LogP contribution in [-0.4, -0.2) is 217 Å². The molecule has 0 unspecified atom stereocenters. The Bertz CT molecular complexity index is 1810. The van der Waals surface area contributed by atoms with Crippen LogP contribution in [-0.2, 0) is 47.4 Å². The first-order chi connectivity index (χ1) is 33.7. The number of rotatable bonds is 10. The molecule has 6 saturated heterocycles. The lowest BCUT2D eigenvalue weighted by atomic mass is 9.44. The van der Waals surface area contributed by atoms with Crippen LogP contribution in [0.15, 0.2) is 0 Å². The molecular weight excluding hydrogens is 937 g/mol. The van der Waals surface area contributed by atoms with Gasteiger partial charge >= 0.3 is 0 Å². The van der Waals surface area contributed by atoms with Crippen molar-refractivity contribution in [3.8, 4) is 0 Å². The maximum absolute atomic E-state index is 11.2. The molecule has 4 saturated carbocycles. The van der Waals surface area contributed by atoms with Gasteiger partial charge in [-0.25, -0.2) is 0 Å². The zero-order valence-corrected chi connectivity index (χ0v) is 41.6. The summed E-state index contributed by atoms with van der Waals surface area (Å²) in [6, 6.07) is 0. The van der Waals surface area contributed by atoms with E-state index in [1.54, 1.807) is 0 Å². The van der Waals surface area contributed by atoms with Crippen molar-refractivity contribution >= 4 is 0 Å². The first-order valence-electron chi connectivity index (χ1n) is 26.6. The molecule has 10 fully saturated rings. The van der Waals surface area contributed by atoms with Crippen molar-refractivity contribution in [1.82, 2.24) is 0 Å². The summed E-state index contributed by atoms with van der Waals surface area (Å²) in [5, 5.41) is 118. The number of ether oxygens (including phenoxy) is 10. The standard InChI is InChI=1S/C50H82O21/c1-20-8-13-50(64-17-20)21(2)32-28(71-50)15-27-25-7-6-23-14-24(9-11-48(23,4)26(25)10-12-49(27,32)5)66-45-41(60)38(57)35(54)30(68-45)18-62-44-40(59)36(55)31(19-63-44)69-47-43(39(58)33(52)22(3)65-47)70-46-42(61)37(56)34(53)29(16-51)67-46/h20-47,51-61H,6-19H2,1-5H3/t20-,21-,22+,23+,24-,25-,26+,27+,28-,29+,30+,31+,32-,33+,34+,35+,36-,37-,38-,39-,40+,41+,42+,43+,44+,45+,46-,47-,48-,49-,50-/m1/s1. The highest BCUT2D eigenvalue weighted by Gasteiger charge is 2.69. The lowest BCUT2D eigenvalue weighted by molar-refractivity contribution is -0.380. The summed E-state index contributed by atoms with van der Waals surface area (Å²) in [4.78, 5) is 0. The largest absolute Gasteiger partial charge is 0.394 e. The molecule has 1 spiro atoms. The zero-order valence-electron chi connectivity index (χ0n) is 41.6. The minimum absolute atomic E-state index is 0.140. The Labute approximate surface area is 414 Å². The van der Waals surface area contributed by atoms with E-state index >= 15 is 0 Å². The van der Waals surface area contributed by atoms with Crippen molar-refractivity contribution < 1.29 is 104 Å².